The van der Waals surface area contributed by atoms with Crippen LogP contribution in [0.25, 0.3) is 0 Å². The summed E-state index contributed by atoms with van der Waals surface area (Å²) >= 11 is 0. The van der Waals surface area contributed by atoms with Gasteiger partial charge in [-0.25, -0.2) is 19.1 Å². The first-order valence-corrected chi connectivity index (χ1v) is 5.45. The maximum Gasteiger partial charge on any atom is 0.242 e. The minimum absolute atomic E-state index is 0.921. The molecule has 0 aliphatic heterocycles. The molecular weight excluding hydrogens is 188 g/mol. The van der Waals surface area contributed by atoms with Crippen molar-refractivity contribution in [3.63, 3.8) is 0 Å². The van der Waals surface area contributed by atoms with Gasteiger partial charge < -0.3 is 0 Å². The Hall–Kier alpha value is -1.58. The number of H-pyrrole nitrogens is 2. The quantitative estimate of drug-likeness (QED) is 0.686. The van der Waals surface area contributed by atoms with E-state index in [2.05, 4.69) is 45.3 Å². The van der Waals surface area contributed by atoms with Crippen LogP contribution >= 0.6 is 0 Å². The number of aryl methyl sites for hydroxylation is 2. The zero-order valence-electron chi connectivity index (χ0n) is 9.33. The van der Waals surface area contributed by atoms with E-state index in [1.165, 1.54) is 11.4 Å². The maximum absolute atomic E-state index is 3.14. The van der Waals surface area contributed by atoms with Crippen molar-refractivity contribution in [2.24, 2.45) is 0 Å². The number of hydrogen-bond donors (Lipinski definition) is 2. The molecule has 15 heavy (non-hydrogen) atoms. The van der Waals surface area contributed by atoms with Crippen LogP contribution < -0.4 is 9.13 Å². The fourth-order valence-electron chi connectivity index (χ4n) is 1.84. The highest BCUT2D eigenvalue weighted by Gasteiger charge is 2.13. The van der Waals surface area contributed by atoms with E-state index in [4.69, 9.17) is 0 Å². The molecule has 0 aliphatic carbocycles. The second kappa shape index (κ2) is 4.29. The SMILES string of the molecule is CCc1c[nH]c[n+]1Cc1c[nH]c[n+]1CC. The van der Waals surface area contributed by atoms with E-state index in [1.54, 1.807) is 0 Å². The molecule has 2 rings (SSSR count). The monoisotopic (exact) mass is 206 g/mol. The predicted molar refractivity (Wildman–Crippen MR) is 56.1 cm³/mol. The molecule has 0 aliphatic rings. The molecule has 0 radical (unpaired) electrons. The van der Waals surface area contributed by atoms with E-state index in [-0.39, 0.29) is 0 Å². The predicted octanol–water partition coefficient (Wildman–Crippen LogP) is 0.548. The average Bonchev–Trinajstić information content (AvgIpc) is 2.87. The molecule has 2 heterocycles. The molecule has 0 amide bonds. The minimum Gasteiger partial charge on any atom is -0.250 e. The van der Waals surface area contributed by atoms with Crippen molar-refractivity contribution in [3.8, 4) is 0 Å². The summed E-state index contributed by atoms with van der Waals surface area (Å²) in [6.45, 7) is 6.25. The highest BCUT2D eigenvalue weighted by atomic mass is 15.1. The summed E-state index contributed by atoms with van der Waals surface area (Å²) in [5.74, 6) is 0. The van der Waals surface area contributed by atoms with Gasteiger partial charge >= 0.3 is 0 Å². The molecule has 0 fully saturated rings. The number of hydrogen-bond acceptors (Lipinski definition) is 0. The molecule has 2 aromatic heterocycles. The van der Waals surface area contributed by atoms with Crippen LogP contribution in [-0.2, 0) is 19.5 Å². The Morgan fingerprint density at radius 1 is 1.00 bits per heavy atom. The summed E-state index contributed by atoms with van der Waals surface area (Å²) in [5.41, 5.74) is 2.63. The van der Waals surface area contributed by atoms with Gasteiger partial charge in [0.15, 0.2) is 12.2 Å². The van der Waals surface area contributed by atoms with Gasteiger partial charge in [-0.05, 0) is 6.92 Å². The van der Waals surface area contributed by atoms with Gasteiger partial charge in [-0.1, -0.05) is 6.92 Å². The van der Waals surface area contributed by atoms with Crippen molar-refractivity contribution in [2.45, 2.75) is 33.4 Å². The molecule has 0 saturated heterocycles. The molecule has 4 heteroatoms. The van der Waals surface area contributed by atoms with Crippen molar-refractivity contribution in [1.82, 2.24) is 9.97 Å². The molecule has 0 aromatic carbocycles. The first kappa shape index (κ1) is 9.96. The Balaban J connectivity index is 2.21. The van der Waals surface area contributed by atoms with Crippen LogP contribution in [0.4, 0.5) is 0 Å². The average molecular weight is 206 g/mol. The van der Waals surface area contributed by atoms with Gasteiger partial charge in [0.25, 0.3) is 0 Å². The minimum atomic E-state index is 0.921. The van der Waals surface area contributed by atoms with Gasteiger partial charge in [0.2, 0.25) is 12.7 Å². The van der Waals surface area contributed by atoms with Crippen LogP contribution in [0.15, 0.2) is 25.0 Å². The number of nitrogens with zero attached hydrogens (tertiary/aromatic N) is 2. The third kappa shape index (κ3) is 1.93. The topological polar surface area (TPSA) is 39.3 Å². The molecule has 0 saturated carbocycles. The molecule has 0 atom stereocenters. The molecule has 0 unspecified atom stereocenters. The van der Waals surface area contributed by atoms with E-state index >= 15 is 0 Å². The van der Waals surface area contributed by atoms with Gasteiger partial charge in [0, 0.05) is 6.42 Å². The van der Waals surface area contributed by atoms with Crippen molar-refractivity contribution in [1.29, 1.82) is 0 Å². The van der Waals surface area contributed by atoms with E-state index in [0.717, 1.165) is 19.5 Å². The van der Waals surface area contributed by atoms with E-state index in [0.29, 0.717) is 0 Å². The highest BCUT2D eigenvalue weighted by Crippen LogP contribution is 1.93. The number of aromatic nitrogens is 4. The number of imidazole rings is 2. The third-order valence-corrected chi connectivity index (χ3v) is 2.73. The lowest BCUT2D eigenvalue weighted by Gasteiger charge is -1.98. The standard InChI is InChI=1S/C11H16N4/c1-3-10-5-12-9-15(10)7-11-6-13-8-14(11)4-2/h5-6,8-9H,3-4,7H2,1-2H3/p+2. The van der Waals surface area contributed by atoms with Crippen LogP contribution in [0.2, 0.25) is 0 Å². The van der Waals surface area contributed by atoms with Crippen molar-refractivity contribution < 1.29 is 9.13 Å². The lowest BCUT2D eigenvalue weighted by atomic mass is 10.3. The van der Waals surface area contributed by atoms with Crippen LogP contribution in [0, 0.1) is 0 Å². The molecule has 2 aromatic rings. The zero-order chi connectivity index (χ0) is 10.7. The molecular formula is C11H18N4+2. The van der Waals surface area contributed by atoms with Crippen molar-refractivity contribution >= 4 is 0 Å². The summed E-state index contributed by atoms with van der Waals surface area (Å²) < 4.78 is 4.47. The van der Waals surface area contributed by atoms with Gasteiger partial charge in [-0.2, -0.15) is 0 Å². The van der Waals surface area contributed by atoms with Gasteiger partial charge in [0.1, 0.15) is 18.1 Å². The van der Waals surface area contributed by atoms with Crippen LogP contribution in [0.3, 0.4) is 0 Å². The summed E-state index contributed by atoms with van der Waals surface area (Å²) in [6, 6.07) is 0. The molecule has 4 nitrogen and oxygen atoms in total. The summed E-state index contributed by atoms with van der Waals surface area (Å²) in [7, 11) is 0. The molecule has 80 valence electrons. The van der Waals surface area contributed by atoms with Crippen LogP contribution in [0.5, 0.6) is 0 Å². The first-order valence-electron chi connectivity index (χ1n) is 5.45. The lowest BCUT2D eigenvalue weighted by molar-refractivity contribution is -0.749. The largest absolute Gasteiger partial charge is 0.250 e. The second-order valence-corrected chi connectivity index (χ2v) is 3.63. The lowest BCUT2D eigenvalue weighted by Crippen LogP contribution is -2.43. The fraction of sp³-hybridized carbons (Fsp3) is 0.455. The van der Waals surface area contributed by atoms with E-state index < -0.39 is 0 Å². The van der Waals surface area contributed by atoms with Gasteiger partial charge in [0.05, 0.1) is 6.54 Å². The van der Waals surface area contributed by atoms with Crippen molar-refractivity contribution in [3.05, 3.63) is 36.4 Å². The number of rotatable bonds is 4. The fourth-order valence-corrected chi connectivity index (χ4v) is 1.84. The maximum atomic E-state index is 3.14. The third-order valence-electron chi connectivity index (χ3n) is 2.73. The highest BCUT2D eigenvalue weighted by molar-refractivity contribution is 4.88. The van der Waals surface area contributed by atoms with Crippen LogP contribution in [0.1, 0.15) is 25.2 Å². The summed E-state index contributed by atoms with van der Waals surface area (Å²) in [6.07, 6.45) is 9.20. The Morgan fingerprint density at radius 3 is 2.33 bits per heavy atom. The second-order valence-electron chi connectivity index (χ2n) is 3.63. The Bertz CT molecular complexity index is 387. The number of nitrogens with one attached hydrogen (secondary N) is 2. The molecule has 0 spiro atoms. The summed E-state index contributed by atoms with van der Waals surface area (Å²) in [4.78, 5) is 6.28. The number of aromatic amines is 2. The Labute approximate surface area is 89.6 Å². The van der Waals surface area contributed by atoms with Gasteiger partial charge in [-0.3, -0.25) is 0 Å². The normalized spacial score (nSPS) is 10.8. The van der Waals surface area contributed by atoms with Gasteiger partial charge in [-0.15, -0.1) is 0 Å². The molecule has 0 bridgehead atoms. The van der Waals surface area contributed by atoms with E-state index in [9.17, 15) is 0 Å². The van der Waals surface area contributed by atoms with E-state index in [1.807, 2.05) is 12.7 Å². The zero-order valence-corrected chi connectivity index (χ0v) is 9.33. The van der Waals surface area contributed by atoms with Crippen molar-refractivity contribution in [2.75, 3.05) is 0 Å². The Morgan fingerprint density at radius 2 is 1.67 bits per heavy atom. The molecule has 2 N–H and O–H groups in total. The Kier molecular flexibility index (Phi) is 2.85. The smallest absolute Gasteiger partial charge is 0.242 e. The first-order chi connectivity index (χ1) is 7.35. The van der Waals surface area contributed by atoms with Crippen LogP contribution in [-0.4, -0.2) is 9.97 Å². The summed E-state index contributed by atoms with van der Waals surface area (Å²) in [5, 5.41) is 0.